The Morgan fingerprint density at radius 1 is 1.31 bits per heavy atom. The number of anilines is 1. The maximum absolute atomic E-state index is 13.1. The van der Waals surface area contributed by atoms with E-state index in [9.17, 15) is 9.90 Å². The topological polar surface area (TPSA) is 71.0 Å². The van der Waals surface area contributed by atoms with Crippen molar-refractivity contribution in [3.05, 3.63) is 53.6 Å². The Labute approximate surface area is 152 Å². The molecule has 1 fully saturated rings. The maximum atomic E-state index is 13.1. The van der Waals surface area contributed by atoms with E-state index >= 15 is 0 Å². The van der Waals surface area contributed by atoms with Crippen molar-refractivity contribution >= 4 is 11.6 Å². The van der Waals surface area contributed by atoms with Gasteiger partial charge in [0.05, 0.1) is 18.8 Å². The molecule has 0 bridgehead atoms. The van der Waals surface area contributed by atoms with Gasteiger partial charge in [0.1, 0.15) is 6.17 Å². The van der Waals surface area contributed by atoms with Crippen LogP contribution in [0.15, 0.2) is 42.5 Å². The third kappa shape index (κ3) is 2.97. The van der Waals surface area contributed by atoms with Gasteiger partial charge in [-0.1, -0.05) is 18.2 Å². The highest BCUT2D eigenvalue weighted by molar-refractivity contribution is 6.01. The van der Waals surface area contributed by atoms with Gasteiger partial charge in [-0.3, -0.25) is 4.79 Å². The van der Waals surface area contributed by atoms with Crippen molar-refractivity contribution in [2.24, 2.45) is 0 Å². The molecule has 1 amide bonds. The summed E-state index contributed by atoms with van der Waals surface area (Å²) in [7, 11) is 1.51. The lowest BCUT2D eigenvalue weighted by Crippen LogP contribution is -2.46. The van der Waals surface area contributed by atoms with Gasteiger partial charge in [0.15, 0.2) is 11.5 Å². The second kappa shape index (κ2) is 6.88. The quantitative estimate of drug-likeness (QED) is 0.883. The molecule has 0 radical (unpaired) electrons. The van der Waals surface area contributed by atoms with Crippen LogP contribution >= 0.6 is 0 Å². The van der Waals surface area contributed by atoms with Crippen molar-refractivity contribution in [2.75, 3.05) is 25.6 Å². The minimum Gasteiger partial charge on any atom is -0.504 e. The number of methoxy groups -OCH3 is 1. The van der Waals surface area contributed by atoms with Crippen LogP contribution in [0.25, 0.3) is 0 Å². The second-order valence-corrected chi connectivity index (χ2v) is 6.62. The molecule has 2 aromatic rings. The molecule has 2 aliphatic rings. The van der Waals surface area contributed by atoms with Gasteiger partial charge in [-0.25, -0.2) is 0 Å². The molecule has 6 nitrogen and oxygen atoms in total. The molecule has 0 saturated carbocycles. The number of carbonyl (C=O) groups is 1. The van der Waals surface area contributed by atoms with E-state index in [2.05, 4.69) is 5.32 Å². The van der Waals surface area contributed by atoms with Crippen LogP contribution in [0.1, 0.15) is 34.9 Å². The molecule has 2 aromatic carbocycles. The molecule has 2 N–H and O–H groups in total. The third-order valence-electron chi connectivity index (χ3n) is 4.97. The number of amides is 1. The number of aromatic hydroxyl groups is 1. The normalized spacial score (nSPS) is 22.0. The molecule has 2 heterocycles. The van der Waals surface area contributed by atoms with Gasteiger partial charge in [-0.05, 0) is 42.7 Å². The number of carbonyl (C=O) groups excluding carboxylic acids is 1. The van der Waals surface area contributed by atoms with Crippen molar-refractivity contribution in [3.63, 3.8) is 0 Å². The number of benzene rings is 2. The summed E-state index contributed by atoms with van der Waals surface area (Å²) in [6.07, 6.45) is 1.63. The molecular weight excluding hydrogens is 332 g/mol. The number of hydrogen-bond acceptors (Lipinski definition) is 5. The minimum absolute atomic E-state index is 0.0323. The Kier molecular flexibility index (Phi) is 4.42. The zero-order valence-electron chi connectivity index (χ0n) is 14.6. The van der Waals surface area contributed by atoms with Crippen molar-refractivity contribution in [1.82, 2.24) is 4.90 Å². The Morgan fingerprint density at radius 2 is 2.15 bits per heavy atom. The molecule has 1 saturated heterocycles. The van der Waals surface area contributed by atoms with Crippen LogP contribution in [-0.2, 0) is 4.74 Å². The molecule has 2 unspecified atom stereocenters. The SMILES string of the molecule is COc1ccc(C2Nc3ccccc3C(=O)N2CC2CCCO2)cc1O. The standard InChI is InChI=1S/C20H22N2O4/c1-25-18-9-8-13(11-17(18)23)19-21-16-7-3-2-6-15(16)20(24)22(19)12-14-5-4-10-26-14/h2-3,6-9,11,14,19,21,23H,4-5,10,12H2,1H3. The fraction of sp³-hybridized carbons (Fsp3) is 0.350. The summed E-state index contributed by atoms with van der Waals surface area (Å²) >= 11 is 0. The first kappa shape index (κ1) is 16.7. The van der Waals surface area contributed by atoms with Crippen molar-refractivity contribution in [3.8, 4) is 11.5 Å². The highest BCUT2D eigenvalue weighted by Gasteiger charge is 2.35. The van der Waals surface area contributed by atoms with Crippen molar-refractivity contribution < 1.29 is 19.4 Å². The summed E-state index contributed by atoms with van der Waals surface area (Å²) in [6, 6.07) is 12.7. The zero-order valence-corrected chi connectivity index (χ0v) is 14.6. The molecule has 2 aliphatic heterocycles. The van der Waals surface area contributed by atoms with Gasteiger partial charge in [0.2, 0.25) is 0 Å². The molecule has 6 heteroatoms. The number of fused-ring (bicyclic) bond motifs is 1. The van der Waals surface area contributed by atoms with Crippen molar-refractivity contribution in [1.29, 1.82) is 0 Å². The van der Waals surface area contributed by atoms with Gasteiger partial charge in [-0.2, -0.15) is 0 Å². The van der Waals surface area contributed by atoms with Crippen LogP contribution in [0.3, 0.4) is 0 Å². The third-order valence-corrected chi connectivity index (χ3v) is 4.97. The van der Waals surface area contributed by atoms with E-state index in [1.54, 1.807) is 17.0 Å². The summed E-state index contributed by atoms with van der Waals surface area (Å²) in [6.45, 7) is 1.25. The maximum Gasteiger partial charge on any atom is 0.257 e. The molecular formula is C20H22N2O4. The van der Waals surface area contributed by atoms with Gasteiger partial charge in [-0.15, -0.1) is 0 Å². The summed E-state index contributed by atoms with van der Waals surface area (Å²) in [4.78, 5) is 14.9. The lowest BCUT2D eigenvalue weighted by atomic mass is 10.0. The van der Waals surface area contributed by atoms with E-state index in [0.717, 1.165) is 30.7 Å². The Morgan fingerprint density at radius 3 is 2.88 bits per heavy atom. The van der Waals surface area contributed by atoms with E-state index in [1.165, 1.54) is 7.11 Å². The van der Waals surface area contributed by atoms with Crippen LogP contribution < -0.4 is 10.1 Å². The molecule has 0 aliphatic carbocycles. The highest BCUT2D eigenvalue weighted by Crippen LogP contribution is 2.37. The molecule has 0 spiro atoms. The Balaban J connectivity index is 1.71. The van der Waals surface area contributed by atoms with E-state index < -0.39 is 0 Å². The van der Waals surface area contributed by atoms with Crippen LogP contribution in [0.5, 0.6) is 11.5 Å². The van der Waals surface area contributed by atoms with Gasteiger partial charge < -0.3 is 24.8 Å². The molecule has 0 aromatic heterocycles. The molecule has 4 rings (SSSR count). The van der Waals surface area contributed by atoms with E-state index in [0.29, 0.717) is 17.9 Å². The zero-order chi connectivity index (χ0) is 18.1. The Bertz CT molecular complexity index is 817. The monoisotopic (exact) mass is 354 g/mol. The van der Waals surface area contributed by atoms with Gasteiger partial charge >= 0.3 is 0 Å². The van der Waals surface area contributed by atoms with E-state index in [1.807, 2.05) is 30.3 Å². The first-order valence-electron chi connectivity index (χ1n) is 8.82. The fourth-order valence-electron chi connectivity index (χ4n) is 3.63. The predicted octanol–water partition coefficient (Wildman–Crippen LogP) is 3.15. The fourth-order valence-corrected chi connectivity index (χ4v) is 3.63. The number of rotatable bonds is 4. The predicted molar refractivity (Wildman–Crippen MR) is 97.5 cm³/mol. The number of nitrogens with one attached hydrogen (secondary N) is 1. The number of nitrogens with zero attached hydrogens (tertiary/aromatic N) is 1. The molecule has 26 heavy (non-hydrogen) atoms. The second-order valence-electron chi connectivity index (χ2n) is 6.62. The first-order chi connectivity index (χ1) is 12.7. The van der Waals surface area contributed by atoms with E-state index in [4.69, 9.17) is 9.47 Å². The summed E-state index contributed by atoms with van der Waals surface area (Å²) in [5, 5.41) is 13.6. The average Bonchev–Trinajstić information content (AvgIpc) is 3.17. The Hall–Kier alpha value is -2.73. The molecule has 136 valence electrons. The van der Waals surface area contributed by atoms with Crippen LogP contribution in [-0.4, -0.2) is 42.3 Å². The summed E-state index contributed by atoms with van der Waals surface area (Å²) in [5.41, 5.74) is 2.24. The number of hydrogen-bond donors (Lipinski definition) is 2. The number of phenols is 1. The van der Waals surface area contributed by atoms with Crippen LogP contribution in [0.4, 0.5) is 5.69 Å². The number of phenolic OH excluding ortho intramolecular Hbond substituents is 1. The van der Waals surface area contributed by atoms with E-state index in [-0.39, 0.29) is 23.9 Å². The number of ether oxygens (including phenoxy) is 2. The van der Waals surface area contributed by atoms with Crippen LogP contribution in [0.2, 0.25) is 0 Å². The van der Waals surface area contributed by atoms with Gasteiger partial charge in [0.25, 0.3) is 5.91 Å². The lowest BCUT2D eigenvalue weighted by molar-refractivity contribution is 0.0426. The first-order valence-corrected chi connectivity index (χ1v) is 8.82. The molecule has 2 atom stereocenters. The smallest absolute Gasteiger partial charge is 0.257 e. The lowest BCUT2D eigenvalue weighted by Gasteiger charge is -2.39. The highest BCUT2D eigenvalue weighted by atomic mass is 16.5. The summed E-state index contributed by atoms with van der Waals surface area (Å²) in [5.74, 6) is 0.423. The minimum atomic E-state index is -0.376. The van der Waals surface area contributed by atoms with Crippen molar-refractivity contribution in [2.45, 2.75) is 25.1 Å². The van der Waals surface area contributed by atoms with Gasteiger partial charge in [0, 0.05) is 18.8 Å². The summed E-state index contributed by atoms with van der Waals surface area (Å²) < 4.78 is 10.9. The van der Waals surface area contributed by atoms with Crippen LogP contribution in [0, 0.1) is 0 Å². The average molecular weight is 354 g/mol. The largest absolute Gasteiger partial charge is 0.504 e. The number of para-hydroxylation sites is 1.